The van der Waals surface area contributed by atoms with Crippen molar-refractivity contribution >= 4 is 5.91 Å². The predicted octanol–water partition coefficient (Wildman–Crippen LogP) is 4.45. The van der Waals surface area contributed by atoms with Gasteiger partial charge in [0.25, 0.3) is 5.91 Å². The van der Waals surface area contributed by atoms with E-state index in [9.17, 15) is 4.79 Å². The number of carbonyl (C=O) groups excluding carboxylic acids is 1. The fraction of sp³-hybridized carbons (Fsp3) is 0.385. The van der Waals surface area contributed by atoms with E-state index in [-0.39, 0.29) is 12.5 Å². The number of hydrogen-bond donors (Lipinski definition) is 0. The second-order valence-electron chi connectivity index (χ2n) is 8.68. The largest absolute Gasteiger partial charge is 0.488 e. The van der Waals surface area contributed by atoms with Crippen LogP contribution in [0.1, 0.15) is 44.1 Å². The average Bonchev–Trinajstić information content (AvgIpc) is 3.16. The third kappa shape index (κ3) is 5.02. The molecule has 0 spiro atoms. The monoisotopic (exact) mass is 433 g/mol. The van der Waals surface area contributed by atoms with Gasteiger partial charge in [0.2, 0.25) is 0 Å². The van der Waals surface area contributed by atoms with E-state index in [0.717, 1.165) is 42.1 Å². The molecule has 2 aromatic carbocycles. The summed E-state index contributed by atoms with van der Waals surface area (Å²) in [6, 6.07) is 14.7. The van der Waals surface area contributed by atoms with Crippen LogP contribution >= 0.6 is 0 Å². The van der Waals surface area contributed by atoms with Crippen molar-refractivity contribution in [3.05, 3.63) is 81.7 Å². The maximum Gasteiger partial charge on any atom is 0.276 e. The van der Waals surface area contributed by atoms with Crippen molar-refractivity contribution in [2.24, 2.45) is 0 Å². The Kier molecular flexibility index (Phi) is 6.61. The highest BCUT2D eigenvalue weighted by Gasteiger charge is 2.28. The summed E-state index contributed by atoms with van der Waals surface area (Å²) < 4.78 is 11.4. The lowest BCUT2D eigenvalue weighted by molar-refractivity contribution is 0.0616. The summed E-state index contributed by atoms with van der Waals surface area (Å²) in [5.41, 5.74) is 5.84. The Bertz CT molecular complexity index is 1080. The first-order chi connectivity index (χ1) is 15.4. The molecule has 1 amide bonds. The third-order valence-electron chi connectivity index (χ3n) is 6.09. The van der Waals surface area contributed by atoms with E-state index in [0.29, 0.717) is 24.5 Å². The number of aromatic nitrogens is 1. The van der Waals surface area contributed by atoms with Crippen molar-refractivity contribution in [3.63, 3.8) is 0 Å². The molecule has 168 valence electrons. The smallest absolute Gasteiger partial charge is 0.276 e. The van der Waals surface area contributed by atoms with Crippen LogP contribution in [0.15, 0.2) is 47.0 Å². The second kappa shape index (κ2) is 9.57. The summed E-state index contributed by atoms with van der Waals surface area (Å²) in [5.74, 6) is 1.35. The molecule has 3 aromatic rings. The molecule has 4 rings (SSSR count). The summed E-state index contributed by atoms with van der Waals surface area (Å²) in [5, 5.41) is 4.08. The van der Waals surface area contributed by atoms with Crippen molar-refractivity contribution < 1.29 is 14.1 Å². The van der Waals surface area contributed by atoms with Gasteiger partial charge in [0, 0.05) is 32.7 Å². The number of nitrogens with zero attached hydrogens (tertiary/aromatic N) is 3. The number of hydrogen-bond acceptors (Lipinski definition) is 5. The Labute approximate surface area is 189 Å². The van der Waals surface area contributed by atoms with Gasteiger partial charge in [0.05, 0.1) is 5.56 Å². The molecule has 1 aliphatic rings. The van der Waals surface area contributed by atoms with Gasteiger partial charge in [-0.25, -0.2) is 0 Å². The molecule has 1 fully saturated rings. The molecular weight excluding hydrogens is 402 g/mol. The van der Waals surface area contributed by atoms with Crippen LogP contribution in [-0.2, 0) is 13.2 Å². The van der Waals surface area contributed by atoms with Crippen LogP contribution in [0, 0.1) is 27.7 Å². The Hall–Kier alpha value is -3.12. The molecule has 2 heterocycles. The van der Waals surface area contributed by atoms with Gasteiger partial charge in [-0.1, -0.05) is 47.1 Å². The van der Waals surface area contributed by atoms with Gasteiger partial charge in [-0.3, -0.25) is 9.69 Å². The van der Waals surface area contributed by atoms with Gasteiger partial charge >= 0.3 is 0 Å². The van der Waals surface area contributed by atoms with Crippen LogP contribution in [0.4, 0.5) is 0 Å². The summed E-state index contributed by atoms with van der Waals surface area (Å²) in [4.78, 5) is 17.4. The number of piperazine rings is 1. The molecule has 6 heteroatoms. The molecule has 1 aromatic heterocycles. The Balaban J connectivity index is 1.38. The van der Waals surface area contributed by atoms with Crippen molar-refractivity contribution in [3.8, 4) is 5.75 Å². The highest BCUT2D eigenvalue weighted by Crippen LogP contribution is 2.23. The Morgan fingerprint density at radius 2 is 1.66 bits per heavy atom. The molecule has 0 radical (unpaired) electrons. The van der Waals surface area contributed by atoms with Gasteiger partial charge in [-0.15, -0.1) is 0 Å². The van der Waals surface area contributed by atoms with Crippen LogP contribution in [0.5, 0.6) is 5.75 Å². The lowest BCUT2D eigenvalue weighted by Gasteiger charge is -2.34. The van der Waals surface area contributed by atoms with Crippen LogP contribution < -0.4 is 4.74 Å². The summed E-state index contributed by atoms with van der Waals surface area (Å²) in [7, 11) is 0. The molecule has 0 N–H and O–H groups in total. The van der Waals surface area contributed by atoms with Crippen molar-refractivity contribution in [1.82, 2.24) is 15.0 Å². The number of benzene rings is 2. The fourth-order valence-corrected chi connectivity index (χ4v) is 3.95. The van der Waals surface area contributed by atoms with Gasteiger partial charge in [-0.2, -0.15) is 0 Å². The lowest BCUT2D eigenvalue weighted by Crippen LogP contribution is -2.48. The minimum absolute atomic E-state index is 0.0867. The number of ether oxygens (including phenoxy) is 1. The van der Waals surface area contributed by atoms with Gasteiger partial charge < -0.3 is 14.2 Å². The molecular formula is C26H31N3O3. The molecule has 1 aliphatic heterocycles. The lowest BCUT2D eigenvalue weighted by atomic mass is 10.1. The highest BCUT2D eigenvalue weighted by molar-refractivity contribution is 5.93. The summed E-state index contributed by atoms with van der Waals surface area (Å²) in [6.45, 7) is 12.2. The minimum atomic E-state index is -0.0867. The molecule has 0 aliphatic carbocycles. The maximum absolute atomic E-state index is 13.2. The number of carbonyl (C=O) groups is 1. The topological polar surface area (TPSA) is 58.8 Å². The second-order valence-corrected chi connectivity index (χ2v) is 8.68. The normalized spacial score (nSPS) is 14.6. The van der Waals surface area contributed by atoms with E-state index in [1.807, 2.05) is 37.8 Å². The Morgan fingerprint density at radius 3 is 2.38 bits per heavy atom. The molecule has 0 bridgehead atoms. The predicted molar refractivity (Wildman–Crippen MR) is 124 cm³/mol. The first kappa shape index (κ1) is 22.1. The summed E-state index contributed by atoms with van der Waals surface area (Å²) >= 11 is 0. The average molecular weight is 434 g/mol. The third-order valence-corrected chi connectivity index (χ3v) is 6.09. The van der Waals surface area contributed by atoms with Crippen LogP contribution in [0.3, 0.4) is 0 Å². The standard InChI is InChI=1S/C26H31N3O3/c1-18-6-9-22(10-7-18)16-28-11-13-29(14-12-28)26(30)25-23(21(4)32-27-25)17-31-24-15-19(2)5-8-20(24)3/h5-10,15H,11-14,16-17H2,1-4H3. The first-order valence-electron chi connectivity index (χ1n) is 11.1. The van der Waals surface area contributed by atoms with Gasteiger partial charge in [0.1, 0.15) is 18.1 Å². The van der Waals surface area contributed by atoms with E-state index < -0.39 is 0 Å². The van der Waals surface area contributed by atoms with Crippen LogP contribution in [-0.4, -0.2) is 47.0 Å². The minimum Gasteiger partial charge on any atom is -0.488 e. The van der Waals surface area contributed by atoms with Gasteiger partial charge in [-0.05, 0) is 50.5 Å². The van der Waals surface area contributed by atoms with Crippen molar-refractivity contribution in [1.29, 1.82) is 0 Å². The van der Waals surface area contributed by atoms with Crippen LogP contribution in [0.25, 0.3) is 0 Å². The zero-order chi connectivity index (χ0) is 22.7. The van der Waals surface area contributed by atoms with Crippen molar-refractivity contribution in [2.45, 2.75) is 40.8 Å². The quantitative estimate of drug-likeness (QED) is 0.575. The van der Waals surface area contributed by atoms with Gasteiger partial charge in [0.15, 0.2) is 5.69 Å². The zero-order valence-electron chi connectivity index (χ0n) is 19.4. The SMILES string of the molecule is Cc1ccc(CN2CCN(C(=O)c3noc(C)c3COc3cc(C)ccc3C)CC2)cc1. The molecule has 0 unspecified atom stereocenters. The van der Waals surface area contributed by atoms with Crippen LogP contribution in [0.2, 0.25) is 0 Å². The van der Waals surface area contributed by atoms with E-state index in [1.54, 1.807) is 0 Å². The van der Waals surface area contributed by atoms with E-state index in [4.69, 9.17) is 9.26 Å². The molecule has 1 saturated heterocycles. The fourth-order valence-electron chi connectivity index (χ4n) is 3.95. The summed E-state index contributed by atoms with van der Waals surface area (Å²) in [6.07, 6.45) is 0. The van der Waals surface area contributed by atoms with E-state index in [2.05, 4.69) is 47.3 Å². The van der Waals surface area contributed by atoms with Crippen molar-refractivity contribution in [2.75, 3.05) is 26.2 Å². The highest BCUT2D eigenvalue weighted by atomic mass is 16.5. The molecule has 0 saturated carbocycles. The number of amides is 1. The number of aryl methyl sites for hydroxylation is 4. The maximum atomic E-state index is 13.2. The molecule has 32 heavy (non-hydrogen) atoms. The van der Waals surface area contributed by atoms with E-state index in [1.165, 1.54) is 11.1 Å². The molecule has 6 nitrogen and oxygen atoms in total. The molecule has 0 atom stereocenters. The first-order valence-corrected chi connectivity index (χ1v) is 11.1. The Morgan fingerprint density at radius 1 is 0.969 bits per heavy atom. The number of rotatable bonds is 6. The zero-order valence-corrected chi connectivity index (χ0v) is 19.4. The van der Waals surface area contributed by atoms with E-state index >= 15 is 0 Å².